The average Bonchev–Trinajstić information content (AvgIpc) is 2.67. The van der Waals surface area contributed by atoms with Gasteiger partial charge in [-0.25, -0.2) is 4.79 Å². The van der Waals surface area contributed by atoms with E-state index in [9.17, 15) is 29.1 Å². The monoisotopic (exact) mass is 487 g/mol. The number of carboxylic acid groups (broad SMARTS) is 2. The van der Waals surface area contributed by atoms with Crippen molar-refractivity contribution in [3.8, 4) is 0 Å². The first kappa shape index (κ1) is 30.6. The topological polar surface area (TPSA) is 252 Å². The van der Waals surface area contributed by atoms with Gasteiger partial charge < -0.3 is 43.4 Å². The zero-order valence-corrected chi connectivity index (χ0v) is 20.0. The lowest BCUT2D eigenvalue weighted by atomic mass is 10.0. The summed E-state index contributed by atoms with van der Waals surface area (Å²) in [7, 11) is 0. The van der Waals surface area contributed by atoms with Crippen LogP contribution in [0.3, 0.4) is 0 Å². The van der Waals surface area contributed by atoms with Gasteiger partial charge in [-0.05, 0) is 39.0 Å². The Balaban J connectivity index is 5.58. The molecule has 0 heterocycles. The number of hydrogen-bond acceptors (Lipinski definition) is 7. The first-order valence-corrected chi connectivity index (χ1v) is 10.8. The second kappa shape index (κ2) is 14.0. The number of amides is 3. The van der Waals surface area contributed by atoms with Gasteiger partial charge in [0, 0.05) is 6.54 Å². The second-order valence-corrected chi connectivity index (χ2v) is 8.82. The Morgan fingerprint density at radius 1 is 0.941 bits per heavy atom. The van der Waals surface area contributed by atoms with Crippen molar-refractivity contribution in [3.63, 3.8) is 0 Å². The molecule has 3 atom stereocenters. The number of aliphatic imine (C=N–C) groups is 1. The van der Waals surface area contributed by atoms with Crippen LogP contribution in [0.25, 0.3) is 0 Å². The summed E-state index contributed by atoms with van der Waals surface area (Å²) in [6.07, 6.45) is -0.202. The van der Waals surface area contributed by atoms with E-state index in [2.05, 4.69) is 20.9 Å². The smallest absolute Gasteiger partial charge is 0.328 e. The molecule has 14 nitrogen and oxygen atoms in total. The normalized spacial score (nSPS) is 13.8. The number of carbonyl (C=O) groups excluding carboxylic acids is 3. The number of nitrogens with zero attached hydrogens (tertiary/aromatic N) is 1. The zero-order chi connectivity index (χ0) is 26.6. The lowest BCUT2D eigenvalue weighted by Crippen LogP contribution is -2.59. The molecular formula is C20H37N7O7. The van der Waals surface area contributed by atoms with E-state index in [4.69, 9.17) is 22.3 Å². The lowest BCUT2D eigenvalue weighted by molar-refractivity contribution is -0.146. The van der Waals surface area contributed by atoms with Gasteiger partial charge in [0.25, 0.3) is 0 Å². The van der Waals surface area contributed by atoms with Crippen LogP contribution in [0.2, 0.25) is 0 Å². The van der Waals surface area contributed by atoms with Gasteiger partial charge >= 0.3 is 11.9 Å². The Morgan fingerprint density at radius 3 is 1.97 bits per heavy atom. The molecule has 0 spiro atoms. The summed E-state index contributed by atoms with van der Waals surface area (Å²) in [5.41, 5.74) is 14.7. The second-order valence-electron chi connectivity index (χ2n) is 8.82. The first-order chi connectivity index (χ1) is 15.6. The van der Waals surface area contributed by atoms with Crippen molar-refractivity contribution in [2.24, 2.45) is 28.1 Å². The highest BCUT2D eigenvalue weighted by Crippen LogP contribution is 2.08. The molecule has 0 aromatic heterocycles. The zero-order valence-electron chi connectivity index (χ0n) is 20.0. The molecule has 0 saturated carbocycles. The first-order valence-electron chi connectivity index (χ1n) is 10.8. The van der Waals surface area contributed by atoms with Gasteiger partial charge in [0.2, 0.25) is 17.7 Å². The van der Waals surface area contributed by atoms with Crippen LogP contribution >= 0.6 is 0 Å². The number of nitrogens with two attached hydrogens (primary N) is 3. The van der Waals surface area contributed by atoms with Crippen LogP contribution < -0.4 is 33.2 Å². The minimum absolute atomic E-state index is 0.00462. The molecule has 194 valence electrons. The van der Waals surface area contributed by atoms with Crippen LogP contribution in [0, 0.1) is 5.92 Å². The minimum Gasteiger partial charge on any atom is -0.481 e. The van der Waals surface area contributed by atoms with E-state index in [1.54, 1.807) is 0 Å². The summed E-state index contributed by atoms with van der Waals surface area (Å²) < 4.78 is 0. The number of guanidine groups is 1. The van der Waals surface area contributed by atoms with Crippen molar-refractivity contribution in [1.29, 1.82) is 0 Å². The fraction of sp³-hybridized carbons (Fsp3) is 0.700. The van der Waals surface area contributed by atoms with Crippen LogP contribution in [0.4, 0.5) is 0 Å². The summed E-state index contributed by atoms with van der Waals surface area (Å²) in [4.78, 5) is 64.3. The molecule has 0 radical (unpaired) electrons. The van der Waals surface area contributed by atoms with Crippen molar-refractivity contribution in [2.45, 2.75) is 77.0 Å². The Kier molecular flexibility index (Phi) is 12.6. The summed E-state index contributed by atoms with van der Waals surface area (Å²) in [6, 6.07) is -3.72. The van der Waals surface area contributed by atoms with Gasteiger partial charge in [-0.3, -0.25) is 24.2 Å². The highest BCUT2D eigenvalue weighted by Gasteiger charge is 2.34. The van der Waals surface area contributed by atoms with Crippen LogP contribution in [-0.2, 0) is 24.0 Å². The van der Waals surface area contributed by atoms with Crippen LogP contribution in [0.15, 0.2) is 4.99 Å². The minimum atomic E-state index is -1.64. The Hall–Kier alpha value is -3.42. The van der Waals surface area contributed by atoms with Crippen LogP contribution in [0.5, 0.6) is 0 Å². The predicted octanol–water partition coefficient (Wildman–Crippen LogP) is -2.16. The standard InChI is InChI=1S/C20H37N7O7/c1-10(2)8-11(21)15(30)26-13(9-14(28)29)16(31)25-12(6-5-7-24-19(22)23)17(32)27-20(3,4)18(33)34/h10-13H,5-9,21H2,1-4H3,(H,25,31)(H,26,30)(H,27,32)(H,28,29)(H,33,34)(H4,22,23,24)/t11-,12-,13-/m0/s1. The van der Waals surface area contributed by atoms with E-state index in [0.717, 1.165) is 0 Å². The predicted molar refractivity (Wildman–Crippen MR) is 123 cm³/mol. The molecule has 14 heteroatoms. The molecule has 0 aliphatic carbocycles. The Bertz CT molecular complexity index is 779. The van der Waals surface area contributed by atoms with Gasteiger partial charge in [-0.1, -0.05) is 13.8 Å². The van der Waals surface area contributed by atoms with Gasteiger partial charge in [0.15, 0.2) is 5.96 Å². The summed E-state index contributed by atoms with van der Waals surface area (Å²) in [5, 5.41) is 25.4. The van der Waals surface area contributed by atoms with Crippen molar-refractivity contribution < 1.29 is 34.2 Å². The van der Waals surface area contributed by atoms with Gasteiger partial charge in [-0.15, -0.1) is 0 Å². The fourth-order valence-corrected chi connectivity index (χ4v) is 2.77. The number of nitrogens with one attached hydrogen (secondary N) is 3. The van der Waals surface area contributed by atoms with Gasteiger partial charge in [0.1, 0.15) is 17.6 Å². The number of hydrogen-bond donors (Lipinski definition) is 8. The molecule has 0 saturated heterocycles. The van der Waals surface area contributed by atoms with E-state index in [-0.39, 0.29) is 31.3 Å². The highest BCUT2D eigenvalue weighted by atomic mass is 16.4. The summed E-state index contributed by atoms with van der Waals surface area (Å²) in [6.45, 7) is 6.34. The van der Waals surface area contributed by atoms with Crippen molar-refractivity contribution in [3.05, 3.63) is 0 Å². The van der Waals surface area contributed by atoms with Gasteiger partial charge in [-0.2, -0.15) is 0 Å². The molecule has 0 unspecified atom stereocenters. The third-order valence-electron chi connectivity index (χ3n) is 4.62. The Morgan fingerprint density at radius 2 is 1.50 bits per heavy atom. The largest absolute Gasteiger partial charge is 0.481 e. The molecule has 0 aliphatic heterocycles. The highest BCUT2D eigenvalue weighted by molar-refractivity contribution is 5.96. The quantitative estimate of drug-likeness (QED) is 0.0705. The summed E-state index contributed by atoms with van der Waals surface area (Å²) >= 11 is 0. The maximum atomic E-state index is 12.8. The summed E-state index contributed by atoms with van der Waals surface area (Å²) in [5.74, 6) is -5.22. The molecule has 0 rings (SSSR count). The molecular weight excluding hydrogens is 450 g/mol. The third kappa shape index (κ3) is 12.0. The van der Waals surface area contributed by atoms with E-state index >= 15 is 0 Å². The number of aliphatic carboxylic acids is 2. The van der Waals surface area contributed by atoms with Crippen molar-refractivity contribution in [1.82, 2.24) is 16.0 Å². The molecule has 0 fully saturated rings. The van der Waals surface area contributed by atoms with E-state index < -0.39 is 59.7 Å². The maximum Gasteiger partial charge on any atom is 0.328 e. The van der Waals surface area contributed by atoms with E-state index in [1.165, 1.54) is 13.8 Å². The number of carboxylic acids is 2. The molecule has 11 N–H and O–H groups in total. The number of rotatable bonds is 15. The molecule has 34 heavy (non-hydrogen) atoms. The fourth-order valence-electron chi connectivity index (χ4n) is 2.77. The molecule has 0 aliphatic rings. The van der Waals surface area contributed by atoms with E-state index in [0.29, 0.717) is 6.42 Å². The number of carbonyl (C=O) groups is 5. The SMILES string of the molecule is CC(C)C[C@H](N)C(=O)N[C@@H](CC(=O)O)C(=O)N[C@@H](CCCN=C(N)N)C(=O)NC(C)(C)C(=O)O. The molecule has 0 bridgehead atoms. The van der Waals surface area contributed by atoms with E-state index in [1.807, 2.05) is 13.8 Å². The van der Waals surface area contributed by atoms with Gasteiger partial charge in [0.05, 0.1) is 12.5 Å². The molecule has 0 aromatic carbocycles. The lowest BCUT2D eigenvalue weighted by Gasteiger charge is -2.27. The van der Waals surface area contributed by atoms with Crippen LogP contribution in [0.1, 0.15) is 53.4 Å². The third-order valence-corrected chi connectivity index (χ3v) is 4.62. The van der Waals surface area contributed by atoms with Crippen LogP contribution in [-0.4, -0.2) is 76.0 Å². The molecule has 3 amide bonds. The van der Waals surface area contributed by atoms with Crippen molar-refractivity contribution in [2.75, 3.05) is 6.54 Å². The van der Waals surface area contributed by atoms with Crippen molar-refractivity contribution >= 4 is 35.6 Å². The average molecular weight is 488 g/mol. The molecule has 0 aromatic rings. The Labute approximate surface area is 198 Å². The maximum absolute atomic E-state index is 12.8.